The second kappa shape index (κ2) is 13.2. The smallest absolute Gasteiger partial charge is 0.343 e. The highest BCUT2D eigenvalue weighted by molar-refractivity contribution is 7.85. The molecule has 1 saturated carbocycles. The van der Waals surface area contributed by atoms with E-state index in [-0.39, 0.29) is 24.5 Å². The SMILES string of the molecule is COC1CCC(COS(C)(=O)=O)(C(=O)C(C(=O)ONC(=O)c2ccccc2)C(c2ccccc2)c2ccc[nH]2)CC1. The zero-order valence-corrected chi connectivity index (χ0v) is 23.8. The summed E-state index contributed by atoms with van der Waals surface area (Å²) in [4.78, 5) is 49.6. The van der Waals surface area contributed by atoms with Crippen LogP contribution in [0.2, 0.25) is 0 Å². The molecule has 1 aromatic heterocycles. The number of ether oxygens (including phenoxy) is 1. The Labute approximate surface area is 239 Å². The third-order valence-corrected chi connectivity index (χ3v) is 8.11. The Morgan fingerprint density at radius 1 is 0.976 bits per heavy atom. The van der Waals surface area contributed by atoms with Crippen LogP contribution in [0, 0.1) is 11.3 Å². The van der Waals surface area contributed by atoms with Crippen LogP contribution in [0.3, 0.4) is 0 Å². The predicted molar refractivity (Wildman–Crippen MR) is 150 cm³/mol. The summed E-state index contributed by atoms with van der Waals surface area (Å²) in [6.07, 6.45) is 3.92. The summed E-state index contributed by atoms with van der Waals surface area (Å²) in [5, 5.41) is 0. The molecule has 11 heteroatoms. The van der Waals surface area contributed by atoms with Gasteiger partial charge in [0, 0.05) is 30.5 Å². The minimum absolute atomic E-state index is 0.113. The van der Waals surface area contributed by atoms with E-state index in [0.29, 0.717) is 24.1 Å². The lowest BCUT2D eigenvalue weighted by Crippen LogP contribution is -2.49. The Balaban J connectivity index is 1.75. The third-order valence-electron chi connectivity index (χ3n) is 7.56. The van der Waals surface area contributed by atoms with Crippen molar-refractivity contribution in [2.75, 3.05) is 20.0 Å². The number of carbonyl (C=O) groups excluding carboxylic acids is 3. The molecule has 0 aliphatic heterocycles. The quantitative estimate of drug-likeness (QED) is 0.198. The van der Waals surface area contributed by atoms with Crippen molar-refractivity contribution in [1.82, 2.24) is 10.5 Å². The fourth-order valence-corrected chi connectivity index (χ4v) is 5.78. The number of carbonyl (C=O) groups is 3. The molecule has 1 aliphatic rings. The van der Waals surface area contributed by atoms with Crippen LogP contribution < -0.4 is 5.48 Å². The molecule has 2 aromatic carbocycles. The Morgan fingerprint density at radius 3 is 2.17 bits per heavy atom. The van der Waals surface area contributed by atoms with Crippen molar-refractivity contribution < 1.29 is 36.6 Å². The summed E-state index contributed by atoms with van der Waals surface area (Å²) in [7, 11) is -2.31. The van der Waals surface area contributed by atoms with Crippen LogP contribution in [0.25, 0.3) is 0 Å². The molecule has 1 fully saturated rings. The summed E-state index contributed by atoms with van der Waals surface area (Å²) >= 11 is 0. The lowest BCUT2D eigenvalue weighted by molar-refractivity contribution is -0.161. The van der Waals surface area contributed by atoms with Crippen molar-refractivity contribution in [3.8, 4) is 0 Å². The molecule has 41 heavy (non-hydrogen) atoms. The van der Waals surface area contributed by atoms with Gasteiger partial charge in [0.1, 0.15) is 5.92 Å². The van der Waals surface area contributed by atoms with E-state index in [2.05, 4.69) is 10.5 Å². The predicted octanol–water partition coefficient (Wildman–Crippen LogP) is 3.77. The molecule has 3 aromatic rings. The zero-order chi connectivity index (χ0) is 29.5. The van der Waals surface area contributed by atoms with Crippen LogP contribution in [-0.2, 0) is 33.5 Å². The second-order valence-electron chi connectivity index (χ2n) is 10.3. The van der Waals surface area contributed by atoms with Crippen LogP contribution in [0.1, 0.15) is 53.2 Å². The Morgan fingerprint density at radius 2 is 1.61 bits per heavy atom. The molecule has 2 atom stereocenters. The fraction of sp³-hybridized carbons (Fsp3) is 0.367. The molecule has 1 aliphatic carbocycles. The van der Waals surface area contributed by atoms with E-state index in [1.165, 1.54) is 0 Å². The molecule has 218 valence electrons. The summed E-state index contributed by atoms with van der Waals surface area (Å²) < 4.78 is 34.7. The van der Waals surface area contributed by atoms with Gasteiger partial charge in [-0.25, -0.2) is 4.79 Å². The third kappa shape index (κ3) is 7.49. The van der Waals surface area contributed by atoms with E-state index < -0.39 is 51.6 Å². The van der Waals surface area contributed by atoms with Gasteiger partial charge in [0.05, 0.1) is 24.4 Å². The Hall–Kier alpha value is -3.80. The van der Waals surface area contributed by atoms with Crippen molar-refractivity contribution >= 4 is 27.8 Å². The van der Waals surface area contributed by atoms with Crippen molar-refractivity contribution in [3.63, 3.8) is 0 Å². The average Bonchev–Trinajstić information content (AvgIpc) is 3.52. The molecule has 2 unspecified atom stereocenters. The standard InChI is InChI=1S/C30H34N2O8S/c1-38-23-15-17-30(18-16-23,20-39-41(2,36)37)27(33)26(29(35)40-32-28(34)22-12-7-4-8-13-22)25(24-14-9-19-31-24)21-10-5-3-6-11-21/h3-14,19,23,25-26,31H,15-18,20H2,1-2H3,(H,32,34). The molecule has 0 spiro atoms. The van der Waals surface area contributed by atoms with Crippen LogP contribution in [0.15, 0.2) is 79.0 Å². The minimum atomic E-state index is -3.89. The number of hydrogen-bond acceptors (Lipinski definition) is 8. The van der Waals surface area contributed by atoms with Crippen LogP contribution in [0.5, 0.6) is 0 Å². The van der Waals surface area contributed by atoms with Gasteiger partial charge >= 0.3 is 5.97 Å². The molecule has 1 amide bonds. The monoisotopic (exact) mass is 582 g/mol. The summed E-state index contributed by atoms with van der Waals surface area (Å²) in [6, 6.07) is 20.7. The molecule has 4 rings (SSSR count). The molecule has 0 bridgehead atoms. The van der Waals surface area contributed by atoms with Crippen LogP contribution >= 0.6 is 0 Å². The van der Waals surface area contributed by atoms with E-state index in [1.807, 2.05) is 6.07 Å². The number of methoxy groups -OCH3 is 1. The zero-order valence-electron chi connectivity index (χ0n) is 22.9. The van der Waals surface area contributed by atoms with Gasteiger partial charge in [-0.05, 0) is 55.5 Å². The minimum Gasteiger partial charge on any atom is -0.381 e. The lowest BCUT2D eigenvalue weighted by atomic mass is 9.64. The number of benzene rings is 2. The van der Waals surface area contributed by atoms with Gasteiger partial charge in [0.15, 0.2) is 5.78 Å². The number of hydroxylamine groups is 1. The molecule has 1 heterocycles. The molecular formula is C30H34N2O8S. The summed E-state index contributed by atoms with van der Waals surface area (Å²) in [6.45, 7) is -0.423. The highest BCUT2D eigenvalue weighted by atomic mass is 32.2. The summed E-state index contributed by atoms with van der Waals surface area (Å²) in [5.74, 6) is -4.44. The first-order valence-corrected chi connectivity index (χ1v) is 15.1. The number of aromatic nitrogens is 1. The average molecular weight is 583 g/mol. The van der Waals surface area contributed by atoms with Crippen molar-refractivity contribution in [2.45, 2.75) is 37.7 Å². The number of ketones is 1. The van der Waals surface area contributed by atoms with Gasteiger partial charge in [0.2, 0.25) is 0 Å². The van der Waals surface area contributed by atoms with Gasteiger partial charge in [-0.15, -0.1) is 0 Å². The number of nitrogens with one attached hydrogen (secondary N) is 2. The van der Waals surface area contributed by atoms with E-state index in [9.17, 15) is 22.8 Å². The number of H-pyrrole nitrogens is 1. The molecule has 0 saturated heterocycles. The van der Waals surface area contributed by atoms with Gasteiger partial charge < -0.3 is 14.6 Å². The van der Waals surface area contributed by atoms with E-state index in [1.54, 1.807) is 80.0 Å². The number of amides is 1. The van der Waals surface area contributed by atoms with E-state index in [4.69, 9.17) is 13.8 Å². The first-order valence-electron chi connectivity index (χ1n) is 13.3. The number of hydrogen-bond donors (Lipinski definition) is 2. The van der Waals surface area contributed by atoms with Crippen LogP contribution in [-0.4, -0.2) is 57.1 Å². The van der Waals surface area contributed by atoms with Gasteiger partial charge in [0.25, 0.3) is 16.0 Å². The number of Topliss-reactive ketones (excluding diaryl/α,β-unsaturated/α-hetero) is 1. The Bertz CT molecular complexity index is 1420. The van der Waals surface area contributed by atoms with Crippen molar-refractivity contribution in [1.29, 1.82) is 0 Å². The molecule has 0 radical (unpaired) electrons. The molecule has 2 N–H and O–H groups in total. The first kappa shape index (κ1) is 30.2. The maximum atomic E-state index is 14.7. The second-order valence-corrected chi connectivity index (χ2v) is 11.9. The topological polar surface area (TPSA) is 141 Å². The van der Waals surface area contributed by atoms with Gasteiger partial charge in [-0.2, -0.15) is 13.9 Å². The van der Waals surface area contributed by atoms with E-state index >= 15 is 0 Å². The largest absolute Gasteiger partial charge is 0.381 e. The number of aromatic amines is 1. The maximum absolute atomic E-state index is 14.7. The summed E-state index contributed by atoms with van der Waals surface area (Å²) in [5.41, 5.74) is 2.36. The molecular weight excluding hydrogens is 548 g/mol. The lowest BCUT2D eigenvalue weighted by Gasteiger charge is -2.40. The highest BCUT2D eigenvalue weighted by Crippen LogP contribution is 2.45. The van der Waals surface area contributed by atoms with Gasteiger partial charge in [-0.1, -0.05) is 48.5 Å². The van der Waals surface area contributed by atoms with Crippen molar-refractivity contribution in [2.24, 2.45) is 11.3 Å². The maximum Gasteiger partial charge on any atom is 0.343 e. The highest BCUT2D eigenvalue weighted by Gasteiger charge is 2.51. The van der Waals surface area contributed by atoms with E-state index in [0.717, 1.165) is 6.26 Å². The van der Waals surface area contributed by atoms with Crippen molar-refractivity contribution in [3.05, 3.63) is 95.8 Å². The Kier molecular flexibility index (Phi) is 9.74. The first-order chi connectivity index (χ1) is 19.6. The van der Waals surface area contributed by atoms with Crippen LogP contribution in [0.4, 0.5) is 0 Å². The fourth-order valence-electron chi connectivity index (χ4n) is 5.34. The number of rotatable bonds is 11. The van der Waals surface area contributed by atoms with Gasteiger partial charge in [-0.3, -0.25) is 13.8 Å². The normalized spacial score (nSPS) is 20.5. The molecule has 10 nitrogen and oxygen atoms in total.